The van der Waals surface area contributed by atoms with Gasteiger partial charge in [-0.2, -0.15) is 18.3 Å². The number of benzene rings is 2. The number of alkyl halides is 3. The lowest BCUT2D eigenvalue weighted by Crippen LogP contribution is -2.29. The number of anilines is 1. The zero-order valence-electron chi connectivity index (χ0n) is 14.4. The number of carbonyl (C=O) groups excluding carboxylic acids is 1. The summed E-state index contributed by atoms with van der Waals surface area (Å²) in [6.07, 6.45) is -4.40. The Balaban J connectivity index is 1.62. The van der Waals surface area contributed by atoms with Crippen molar-refractivity contribution in [1.29, 1.82) is 0 Å². The van der Waals surface area contributed by atoms with Gasteiger partial charge in [-0.3, -0.25) is 9.80 Å². The SMILES string of the molecule is CC1CN(CC(=O)Nc2ccc(C(F)(F)F)cc2)N=C1c1ccc(Cl)cc1. The molecule has 0 radical (unpaired) electrons. The van der Waals surface area contributed by atoms with Gasteiger partial charge in [0.05, 0.1) is 11.3 Å². The molecule has 1 N–H and O–H groups in total. The van der Waals surface area contributed by atoms with E-state index in [1.165, 1.54) is 12.1 Å². The molecule has 0 saturated heterocycles. The van der Waals surface area contributed by atoms with Crippen molar-refractivity contribution in [2.24, 2.45) is 11.0 Å². The average Bonchev–Trinajstić information content (AvgIpc) is 2.95. The summed E-state index contributed by atoms with van der Waals surface area (Å²) in [6.45, 7) is 2.61. The molecule has 4 nitrogen and oxygen atoms in total. The molecule has 2 aromatic rings. The molecule has 3 rings (SSSR count). The van der Waals surface area contributed by atoms with Crippen molar-refractivity contribution in [3.63, 3.8) is 0 Å². The van der Waals surface area contributed by atoms with E-state index in [0.29, 0.717) is 17.3 Å². The molecule has 0 fully saturated rings. The van der Waals surface area contributed by atoms with Gasteiger partial charge in [0, 0.05) is 23.2 Å². The first-order valence-corrected chi connectivity index (χ1v) is 8.66. The van der Waals surface area contributed by atoms with Crippen LogP contribution in [-0.4, -0.2) is 29.7 Å². The molecule has 1 amide bonds. The predicted octanol–water partition coefficient (Wildman–Crippen LogP) is 4.65. The van der Waals surface area contributed by atoms with E-state index >= 15 is 0 Å². The summed E-state index contributed by atoms with van der Waals surface area (Å²) in [4.78, 5) is 12.2. The number of halogens is 4. The first kappa shape index (κ1) is 19.2. The third kappa shape index (κ3) is 4.80. The highest BCUT2D eigenvalue weighted by Crippen LogP contribution is 2.29. The molecule has 0 bridgehead atoms. The summed E-state index contributed by atoms with van der Waals surface area (Å²) >= 11 is 5.90. The Labute approximate surface area is 159 Å². The maximum atomic E-state index is 12.6. The Morgan fingerprint density at radius 2 is 1.81 bits per heavy atom. The van der Waals surface area contributed by atoms with Crippen LogP contribution in [0.5, 0.6) is 0 Å². The number of hydrazone groups is 1. The smallest absolute Gasteiger partial charge is 0.324 e. The standard InChI is InChI=1S/C19H17ClF3N3O/c1-12-10-26(25-18(12)13-2-6-15(20)7-3-13)11-17(27)24-16-8-4-14(5-9-16)19(21,22)23/h2-9,12H,10-11H2,1H3,(H,24,27). The van der Waals surface area contributed by atoms with Crippen LogP contribution >= 0.6 is 11.6 Å². The summed E-state index contributed by atoms with van der Waals surface area (Å²) in [5, 5.41) is 9.37. The van der Waals surface area contributed by atoms with Crippen LogP contribution in [0.3, 0.4) is 0 Å². The fourth-order valence-electron chi connectivity index (χ4n) is 2.87. The number of rotatable bonds is 4. The Morgan fingerprint density at radius 1 is 1.19 bits per heavy atom. The van der Waals surface area contributed by atoms with Gasteiger partial charge in [-0.1, -0.05) is 30.7 Å². The molecule has 142 valence electrons. The van der Waals surface area contributed by atoms with Crippen molar-refractivity contribution in [3.8, 4) is 0 Å². The highest BCUT2D eigenvalue weighted by atomic mass is 35.5. The first-order chi connectivity index (χ1) is 12.7. The van der Waals surface area contributed by atoms with Crippen LogP contribution < -0.4 is 5.32 Å². The predicted molar refractivity (Wildman–Crippen MR) is 98.8 cm³/mol. The van der Waals surface area contributed by atoms with Crippen molar-refractivity contribution < 1.29 is 18.0 Å². The molecule has 0 saturated carbocycles. The molecular weight excluding hydrogens is 379 g/mol. The number of hydrogen-bond donors (Lipinski definition) is 1. The van der Waals surface area contributed by atoms with E-state index < -0.39 is 11.7 Å². The van der Waals surface area contributed by atoms with Gasteiger partial charge in [-0.05, 0) is 42.0 Å². The first-order valence-electron chi connectivity index (χ1n) is 8.29. The maximum Gasteiger partial charge on any atom is 0.416 e. The molecule has 0 spiro atoms. The van der Waals surface area contributed by atoms with Crippen LogP contribution in [0.15, 0.2) is 53.6 Å². The molecule has 0 aliphatic carbocycles. The minimum atomic E-state index is -4.40. The Hall–Kier alpha value is -2.54. The molecule has 1 heterocycles. The normalized spacial score (nSPS) is 17.0. The van der Waals surface area contributed by atoms with E-state index in [0.717, 1.165) is 23.4 Å². The summed E-state index contributed by atoms with van der Waals surface area (Å²) in [7, 11) is 0. The second-order valence-electron chi connectivity index (χ2n) is 6.36. The van der Waals surface area contributed by atoms with Gasteiger partial charge in [0.25, 0.3) is 0 Å². The van der Waals surface area contributed by atoms with Gasteiger partial charge in [0.15, 0.2) is 0 Å². The summed E-state index contributed by atoms with van der Waals surface area (Å²) in [5.74, 6) is -0.201. The van der Waals surface area contributed by atoms with Crippen LogP contribution in [0.4, 0.5) is 18.9 Å². The Morgan fingerprint density at radius 3 is 2.41 bits per heavy atom. The molecule has 27 heavy (non-hydrogen) atoms. The number of carbonyl (C=O) groups is 1. The quantitative estimate of drug-likeness (QED) is 0.818. The van der Waals surface area contributed by atoms with Gasteiger partial charge in [-0.15, -0.1) is 0 Å². The molecule has 1 unspecified atom stereocenters. The van der Waals surface area contributed by atoms with E-state index in [9.17, 15) is 18.0 Å². The largest absolute Gasteiger partial charge is 0.416 e. The highest BCUT2D eigenvalue weighted by molar-refractivity contribution is 6.30. The number of hydrogen-bond acceptors (Lipinski definition) is 3. The number of amides is 1. The lowest BCUT2D eigenvalue weighted by molar-refractivity contribution is -0.137. The van der Waals surface area contributed by atoms with Crippen molar-refractivity contribution in [3.05, 3.63) is 64.7 Å². The second kappa shape index (κ2) is 7.60. The molecule has 2 aromatic carbocycles. The van der Waals surface area contributed by atoms with Crippen LogP contribution in [0.1, 0.15) is 18.1 Å². The van der Waals surface area contributed by atoms with Crippen molar-refractivity contribution >= 4 is 28.9 Å². The third-order valence-corrected chi connectivity index (χ3v) is 4.41. The fourth-order valence-corrected chi connectivity index (χ4v) is 2.99. The summed E-state index contributed by atoms with van der Waals surface area (Å²) < 4.78 is 37.7. The van der Waals surface area contributed by atoms with E-state index in [-0.39, 0.29) is 18.4 Å². The van der Waals surface area contributed by atoms with E-state index in [2.05, 4.69) is 10.4 Å². The molecule has 1 atom stereocenters. The molecule has 0 aromatic heterocycles. The lowest BCUT2D eigenvalue weighted by Gasteiger charge is -2.14. The zero-order chi connectivity index (χ0) is 19.6. The summed E-state index contributed by atoms with van der Waals surface area (Å²) in [6, 6.07) is 11.7. The molecule has 8 heteroatoms. The van der Waals surface area contributed by atoms with Gasteiger partial charge < -0.3 is 5.32 Å². The molecular formula is C19H17ClF3N3O. The minimum Gasteiger partial charge on any atom is -0.324 e. The van der Waals surface area contributed by atoms with E-state index in [1.807, 2.05) is 19.1 Å². The van der Waals surface area contributed by atoms with Crippen molar-refractivity contribution in [2.45, 2.75) is 13.1 Å². The Bertz CT molecular complexity index is 848. The van der Waals surface area contributed by atoms with Crippen molar-refractivity contribution in [1.82, 2.24) is 5.01 Å². The van der Waals surface area contributed by atoms with Crippen LogP contribution in [0.25, 0.3) is 0 Å². The van der Waals surface area contributed by atoms with Crippen molar-refractivity contribution in [2.75, 3.05) is 18.4 Å². The monoisotopic (exact) mass is 395 g/mol. The van der Waals surface area contributed by atoms with Crippen LogP contribution in [0, 0.1) is 5.92 Å². The van der Waals surface area contributed by atoms with E-state index in [1.54, 1.807) is 17.1 Å². The van der Waals surface area contributed by atoms with Gasteiger partial charge in [0.1, 0.15) is 6.54 Å². The van der Waals surface area contributed by atoms with Gasteiger partial charge in [0.2, 0.25) is 5.91 Å². The van der Waals surface area contributed by atoms with Crippen LogP contribution in [0.2, 0.25) is 5.02 Å². The zero-order valence-corrected chi connectivity index (χ0v) is 15.2. The molecule has 1 aliphatic heterocycles. The average molecular weight is 396 g/mol. The van der Waals surface area contributed by atoms with Crippen LogP contribution in [-0.2, 0) is 11.0 Å². The number of nitrogens with zero attached hydrogens (tertiary/aromatic N) is 2. The Kier molecular flexibility index (Phi) is 5.41. The fraction of sp³-hybridized carbons (Fsp3) is 0.263. The lowest BCUT2D eigenvalue weighted by atomic mass is 10.00. The van der Waals surface area contributed by atoms with Gasteiger partial charge >= 0.3 is 6.18 Å². The summed E-state index contributed by atoms with van der Waals surface area (Å²) in [5.41, 5.74) is 1.36. The topological polar surface area (TPSA) is 44.7 Å². The maximum absolute atomic E-state index is 12.6. The number of nitrogens with one attached hydrogen (secondary N) is 1. The molecule has 1 aliphatic rings. The second-order valence-corrected chi connectivity index (χ2v) is 6.80. The third-order valence-electron chi connectivity index (χ3n) is 4.16. The van der Waals surface area contributed by atoms with Gasteiger partial charge in [-0.25, -0.2) is 0 Å². The highest BCUT2D eigenvalue weighted by Gasteiger charge is 2.30. The minimum absolute atomic E-state index is 0.0163. The van der Waals surface area contributed by atoms with E-state index in [4.69, 9.17) is 11.6 Å².